The Balaban J connectivity index is 0.00000112. The average Bonchev–Trinajstić information content (AvgIpc) is 3.49. The van der Waals surface area contributed by atoms with Gasteiger partial charge in [0, 0.05) is 49.9 Å². The maximum atomic E-state index is 7.00. The van der Waals surface area contributed by atoms with Crippen molar-refractivity contribution in [2.24, 2.45) is 0 Å². The third-order valence-corrected chi connectivity index (χ3v) is 6.34. The van der Waals surface area contributed by atoms with Gasteiger partial charge in [0.2, 0.25) is 11.8 Å². The number of aliphatic hydroxyl groups excluding tert-OH is 1. The van der Waals surface area contributed by atoms with Crippen molar-refractivity contribution >= 4 is 10.9 Å². The van der Waals surface area contributed by atoms with Crippen molar-refractivity contribution in [2.45, 2.75) is 57.5 Å². The van der Waals surface area contributed by atoms with Crippen LogP contribution in [-0.2, 0) is 4.74 Å². The standard InChI is InChI=1S/C22H29N5O2.CH4O/c1-15(2)27-14-17-4-3-5-19(20(17)25-27)22-24-23-21(29-22)16-6-10-26(11-7-16)18-8-12-28-13-9-18;1-2/h3-5,14-16,18H,6-13H2,1-2H3;2H,1H3. The number of rotatable bonds is 4. The van der Waals surface area contributed by atoms with Gasteiger partial charge in [0.1, 0.15) is 5.52 Å². The molecule has 5 rings (SSSR count). The third kappa shape index (κ3) is 4.66. The summed E-state index contributed by atoms with van der Waals surface area (Å²) >= 11 is 0. The number of aromatic nitrogens is 4. The van der Waals surface area contributed by atoms with Crippen LogP contribution < -0.4 is 0 Å². The van der Waals surface area contributed by atoms with Gasteiger partial charge in [0.15, 0.2) is 0 Å². The van der Waals surface area contributed by atoms with Gasteiger partial charge >= 0.3 is 0 Å². The zero-order chi connectivity index (χ0) is 21.8. The second-order valence-electron chi connectivity index (χ2n) is 8.55. The van der Waals surface area contributed by atoms with Crippen molar-refractivity contribution in [1.82, 2.24) is 24.9 Å². The van der Waals surface area contributed by atoms with Crippen LogP contribution in [-0.4, -0.2) is 69.4 Å². The predicted molar refractivity (Wildman–Crippen MR) is 119 cm³/mol. The van der Waals surface area contributed by atoms with Gasteiger partial charge in [-0.05, 0) is 58.7 Å². The lowest BCUT2D eigenvalue weighted by Gasteiger charge is -2.38. The number of aliphatic hydroxyl groups is 1. The number of piperidine rings is 1. The fraction of sp³-hybridized carbons (Fsp3) is 0.609. The molecule has 168 valence electrons. The van der Waals surface area contributed by atoms with E-state index in [4.69, 9.17) is 19.4 Å². The Kier molecular flexibility index (Phi) is 6.99. The molecule has 4 heterocycles. The van der Waals surface area contributed by atoms with Gasteiger partial charge in [0.05, 0.1) is 5.56 Å². The number of fused-ring (bicyclic) bond motifs is 1. The number of nitrogens with zero attached hydrogens (tertiary/aromatic N) is 5. The number of hydrogen-bond donors (Lipinski definition) is 1. The summed E-state index contributed by atoms with van der Waals surface area (Å²) in [4.78, 5) is 2.62. The predicted octanol–water partition coefficient (Wildman–Crippen LogP) is 3.63. The molecule has 2 saturated heterocycles. The molecule has 0 amide bonds. The van der Waals surface area contributed by atoms with Crippen LogP contribution >= 0.6 is 0 Å². The van der Waals surface area contributed by atoms with Crippen LogP contribution in [0, 0.1) is 0 Å². The molecule has 2 aliphatic rings. The number of hydrogen-bond acceptors (Lipinski definition) is 7. The molecular formula is C23H33N5O3. The molecule has 0 aliphatic carbocycles. The van der Waals surface area contributed by atoms with E-state index in [1.54, 1.807) is 0 Å². The summed E-state index contributed by atoms with van der Waals surface area (Å²) in [5.74, 6) is 1.69. The van der Waals surface area contributed by atoms with Crippen molar-refractivity contribution in [3.63, 3.8) is 0 Å². The molecule has 1 aromatic carbocycles. The van der Waals surface area contributed by atoms with E-state index in [0.717, 1.165) is 81.5 Å². The third-order valence-electron chi connectivity index (χ3n) is 6.34. The summed E-state index contributed by atoms with van der Waals surface area (Å²) in [5, 5.41) is 21.6. The Bertz CT molecular complexity index is 969. The minimum Gasteiger partial charge on any atom is -0.420 e. The van der Waals surface area contributed by atoms with Crippen LogP contribution in [0.4, 0.5) is 0 Å². The van der Waals surface area contributed by atoms with Crippen molar-refractivity contribution in [3.8, 4) is 11.5 Å². The van der Waals surface area contributed by atoms with Gasteiger partial charge in [-0.1, -0.05) is 12.1 Å². The Hall–Kier alpha value is -2.29. The first-order valence-electron chi connectivity index (χ1n) is 11.3. The zero-order valence-corrected chi connectivity index (χ0v) is 18.7. The van der Waals surface area contributed by atoms with E-state index >= 15 is 0 Å². The highest BCUT2D eigenvalue weighted by molar-refractivity contribution is 5.91. The molecule has 0 spiro atoms. The Morgan fingerprint density at radius 3 is 2.48 bits per heavy atom. The number of ether oxygens (including phenoxy) is 1. The first-order valence-corrected chi connectivity index (χ1v) is 11.3. The minimum atomic E-state index is 0.314. The van der Waals surface area contributed by atoms with Gasteiger partial charge in [-0.2, -0.15) is 5.10 Å². The minimum absolute atomic E-state index is 0.314. The van der Waals surface area contributed by atoms with Crippen molar-refractivity contribution < 1.29 is 14.3 Å². The molecule has 3 aromatic rings. The highest BCUT2D eigenvalue weighted by atomic mass is 16.5. The molecular weight excluding hydrogens is 394 g/mol. The van der Waals surface area contributed by atoms with E-state index in [1.165, 1.54) is 0 Å². The normalized spacial score (nSPS) is 19.0. The van der Waals surface area contributed by atoms with E-state index in [2.05, 4.69) is 41.2 Å². The van der Waals surface area contributed by atoms with E-state index in [0.29, 0.717) is 23.9 Å². The molecule has 2 aromatic heterocycles. The topological polar surface area (TPSA) is 89.4 Å². The van der Waals surface area contributed by atoms with Gasteiger partial charge in [-0.15, -0.1) is 10.2 Å². The van der Waals surface area contributed by atoms with Crippen molar-refractivity contribution in [2.75, 3.05) is 33.4 Å². The van der Waals surface area contributed by atoms with Crippen molar-refractivity contribution in [1.29, 1.82) is 0 Å². The molecule has 0 radical (unpaired) electrons. The highest BCUT2D eigenvalue weighted by Crippen LogP contribution is 2.33. The molecule has 2 aliphatic heterocycles. The molecule has 31 heavy (non-hydrogen) atoms. The highest BCUT2D eigenvalue weighted by Gasteiger charge is 2.30. The zero-order valence-electron chi connectivity index (χ0n) is 18.7. The summed E-state index contributed by atoms with van der Waals surface area (Å²) in [6, 6.07) is 7.12. The van der Waals surface area contributed by atoms with Gasteiger partial charge in [-0.25, -0.2) is 0 Å². The smallest absolute Gasteiger partial charge is 0.250 e. The molecule has 0 unspecified atom stereocenters. The van der Waals surface area contributed by atoms with Crippen molar-refractivity contribution in [3.05, 3.63) is 30.3 Å². The lowest BCUT2D eigenvalue weighted by molar-refractivity contribution is 0.0241. The van der Waals surface area contributed by atoms with Crippen LogP contribution in [0.2, 0.25) is 0 Å². The summed E-state index contributed by atoms with van der Waals surface area (Å²) in [6.07, 6.45) is 6.54. The van der Waals surface area contributed by atoms with Gasteiger partial charge < -0.3 is 19.2 Å². The number of likely N-dealkylation sites (tertiary alicyclic amines) is 1. The molecule has 0 atom stereocenters. The lowest BCUT2D eigenvalue weighted by atomic mass is 9.94. The first kappa shape index (κ1) is 21.9. The van der Waals surface area contributed by atoms with Crippen LogP contribution in [0.3, 0.4) is 0 Å². The fourth-order valence-corrected chi connectivity index (χ4v) is 4.57. The monoisotopic (exact) mass is 427 g/mol. The summed E-state index contributed by atoms with van der Waals surface area (Å²) in [6.45, 7) is 8.25. The van der Waals surface area contributed by atoms with Crippen LogP contribution in [0.15, 0.2) is 28.8 Å². The van der Waals surface area contributed by atoms with E-state index in [9.17, 15) is 0 Å². The Labute approximate surface area is 183 Å². The summed E-state index contributed by atoms with van der Waals surface area (Å²) in [7, 11) is 1.00. The largest absolute Gasteiger partial charge is 0.420 e. The Morgan fingerprint density at radius 2 is 1.77 bits per heavy atom. The van der Waals surface area contributed by atoms with Gasteiger partial charge in [-0.3, -0.25) is 4.68 Å². The number of benzene rings is 1. The first-order chi connectivity index (χ1) is 15.2. The SMILES string of the molecule is CC(C)n1cc2cccc(-c3nnc(C4CCN(C5CCOCC5)CC4)o3)c2n1.CO. The van der Waals surface area contributed by atoms with Gasteiger partial charge in [0.25, 0.3) is 0 Å². The summed E-state index contributed by atoms with van der Waals surface area (Å²) < 4.78 is 13.6. The summed E-state index contributed by atoms with van der Waals surface area (Å²) in [5.41, 5.74) is 1.84. The van der Waals surface area contributed by atoms with Crippen LogP contribution in [0.5, 0.6) is 0 Å². The lowest BCUT2D eigenvalue weighted by Crippen LogP contribution is -2.43. The van der Waals surface area contributed by atoms with E-state index in [1.807, 2.05) is 16.8 Å². The molecule has 0 bridgehead atoms. The fourth-order valence-electron chi connectivity index (χ4n) is 4.57. The molecule has 1 N–H and O–H groups in total. The van der Waals surface area contributed by atoms with E-state index < -0.39 is 0 Å². The molecule has 2 fully saturated rings. The second kappa shape index (κ2) is 9.89. The van der Waals surface area contributed by atoms with Crippen LogP contribution in [0.1, 0.15) is 57.4 Å². The Morgan fingerprint density at radius 1 is 1.03 bits per heavy atom. The quantitative estimate of drug-likeness (QED) is 0.680. The van der Waals surface area contributed by atoms with Crippen LogP contribution in [0.25, 0.3) is 22.4 Å². The molecule has 8 nitrogen and oxygen atoms in total. The maximum absolute atomic E-state index is 7.00. The average molecular weight is 428 g/mol. The molecule has 8 heteroatoms. The molecule has 0 saturated carbocycles. The van der Waals surface area contributed by atoms with E-state index in [-0.39, 0.29) is 0 Å². The second-order valence-corrected chi connectivity index (χ2v) is 8.55. The maximum Gasteiger partial charge on any atom is 0.250 e.